The van der Waals surface area contributed by atoms with Crippen molar-refractivity contribution in [2.75, 3.05) is 5.32 Å². The summed E-state index contributed by atoms with van der Waals surface area (Å²) in [5.41, 5.74) is 6.36. The monoisotopic (exact) mass is 193 g/mol. The van der Waals surface area contributed by atoms with E-state index in [-0.39, 0.29) is 17.9 Å². The minimum atomic E-state index is -0.192. The van der Waals surface area contributed by atoms with Crippen LogP contribution in [0.4, 0.5) is 5.69 Å². The van der Waals surface area contributed by atoms with Gasteiger partial charge in [0, 0.05) is 24.1 Å². The molecule has 4 heteroatoms. The van der Waals surface area contributed by atoms with Gasteiger partial charge in [-0.25, -0.2) is 0 Å². The van der Waals surface area contributed by atoms with Gasteiger partial charge in [-0.15, -0.1) is 0 Å². The van der Waals surface area contributed by atoms with E-state index in [4.69, 9.17) is 5.73 Å². The Morgan fingerprint density at radius 1 is 1.43 bits per heavy atom. The molecule has 0 aliphatic heterocycles. The number of nitrogens with zero attached hydrogens (tertiary/aromatic N) is 1. The van der Waals surface area contributed by atoms with Crippen LogP contribution in [0, 0.1) is 5.92 Å². The summed E-state index contributed by atoms with van der Waals surface area (Å²) in [5.74, 6) is -0.255. The second-order valence-electron chi connectivity index (χ2n) is 3.37. The summed E-state index contributed by atoms with van der Waals surface area (Å²) in [6.07, 6.45) is 3.26. The predicted octanol–water partition coefficient (Wildman–Crippen LogP) is 1.00. The highest BCUT2D eigenvalue weighted by Gasteiger charge is 2.16. The fraction of sp³-hybridized carbons (Fsp3) is 0.400. The number of carbonyl (C=O) groups is 1. The third kappa shape index (κ3) is 2.81. The Labute approximate surface area is 83.5 Å². The molecule has 0 fully saturated rings. The summed E-state index contributed by atoms with van der Waals surface area (Å²) >= 11 is 0. The molecular formula is C10H15N3O. The average Bonchev–Trinajstić information content (AvgIpc) is 2.18. The van der Waals surface area contributed by atoms with E-state index in [9.17, 15) is 4.79 Å². The topological polar surface area (TPSA) is 68.0 Å². The first-order valence-corrected chi connectivity index (χ1v) is 4.57. The van der Waals surface area contributed by atoms with Crippen LogP contribution in [0.5, 0.6) is 0 Å². The van der Waals surface area contributed by atoms with Crippen LogP contribution in [0.2, 0.25) is 0 Å². The summed E-state index contributed by atoms with van der Waals surface area (Å²) < 4.78 is 0. The maximum atomic E-state index is 11.5. The van der Waals surface area contributed by atoms with Crippen LogP contribution in [0.25, 0.3) is 0 Å². The van der Waals surface area contributed by atoms with Gasteiger partial charge >= 0.3 is 0 Å². The molecule has 0 aromatic carbocycles. The Hall–Kier alpha value is -1.42. The van der Waals surface area contributed by atoms with Gasteiger partial charge in [-0.05, 0) is 19.1 Å². The molecule has 1 aromatic rings. The molecule has 1 heterocycles. The van der Waals surface area contributed by atoms with Gasteiger partial charge in [0.2, 0.25) is 5.91 Å². The standard InChI is InChI=1S/C10H15N3O/c1-7(8(2)11)10(14)13-9-3-5-12-6-4-9/h3-8H,11H2,1-2H3,(H,12,13,14). The van der Waals surface area contributed by atoms with Crippen LogP contribution in [-0.2, 0) is 4.79 Å². The molecule has 0 radical (unpaired) electrons. The summed E-state index contributed by atoms with van der Waals surface area (Å²) in [7, 11) is 0. The van der Waals surface area contributed by atoms with Crippen LogP contribution in [0.3, 0.4) is 0 Å². The van der Waals surface area contributed by atoms with Crippen molar-refractivity contribution < 1.29 is 4.79 Å². The van der Waals surface area contributed by atoms with Crippen molar-refractivity contribution in [3.05, 3.63) is 24.5 Å². The molecule has 76 valence electrons. The first kappa shape index (κ1) is 10.7. The number of anilines is 1. The highest BCUT2D eigenvalue weighted by atomic mass is 16.1. The van der Waals surface area contributed by atoms with Crippen molar-refractivity contribution in [2.45, 2.75) is 19.9 Å². The lowest BCUT2D eigenvalue weighted by molar-refractivity contribution is -0.119. The molecular weight excluding hydrogens is 178 g/mol. The molecule has 0 aliphatic rings. The van der Waals surface area contributed by atoms with Crippen molar-refractivity contribution >= 4 is 11.6 Å². The zero-order valence-corrected chi connectivity index (χ0v) is 8.40. The maximum absolute atomic E-state index is 11.5. The minimum absolute atomic E-state index is 0.0637. The third-order valence-corrected chi connectivity index (χ3v) is 2.15. The summed E-state index contributed by atoms with van der Waals surface area (Å²) in [5, 5.41) is 2.76. The number of hydrogen-bond acceptors (Lipinski definition) is 3. The Kier molecular flexibility index (Phi) is 3.59. The fourth-order valence-corrected chi connectivity index (χ4v) is 0.930. The molecule has 1 amide bonds. The van der Waals surface area contributed by atoms with Crippen LogP contribution >= 0.6 is 0 Å². The van der Waals surface area contributed by atoms with Crippen LogP contribution in [-0.4, -0.2) is 16.9 Å². The quantitative estimate of drug-likeness (QED) is 0.752. The Balaban J connectivity index is 2.58. The number of carbonyl (C=O) groups excluding carboxylic acids is 1. The molecule has 0 spiro atoms. The average molecular weight is 193 g/mol. The number of nitrogens with one attached hydrogen (secondary N) is 1. The number of aromatic nitrogens is 1. The predicted molar refractivity (Wildman–Crippen MR) is 55.7 cm³/mol. The Morgan fingerprint density at radius 2 is 2.00 bits per heavy atom. The molecule has 0 saturated heterocycles. The molecule has 1 rings (SSSR count). The van der Waals surface area contributed by atoms with Crippen LogP contribution < -0.4 is 11.1 Å². The van der Waals surface area contributed by atoms with Crippen LogP contribution in [0.1, 0.15) is 13.8 Å². The Morgan fingerprint density at radius 3 is 2.50 bits per heavy atom. The van der Waals surface area contributed by atoms with Crippen molar-refractivity contribution in [1.29, 1.82) is 0 Å². The normalized spacial score (nSPS) is 14.5. The molecule has 2 unspecified atom stereocenters. The first-order chi connectivity index (χ1) is 6.61. The van der Waals surface area contributed by atoms with E-state index < -0.39 is 0 Å². The number of amides is 1. The van der Waals surface area contributed by atoms with Gasteiger partial charge in [0.25, 0.3) is 0 Å². The second kappa shape index (κ2) is 4.72. The van der Waals surface area contributed by atoms with Gasteiger partial charge in [-0.3, -0.25) is 9.78 Å². The number of nitrogens with two attached hydrogens (primary N) is 1. The van der Waals surface area contributed by atoms with Crippen molar-refractivity contribution in [2.24, 2.45) is 11.7 Å². The van der Waals surface area contributed by atoms with E-state index in [1.54, 1.807) is 31.5 Å². The fourth-order valence-electron chi connectivity index (χ4n) is 0.930. The van der Waals surface area contributed by atoms with E-state index in [1.165, 1.54) is 0 Å². The third-order valence-electron chi connectivity index (χ3n) is 2.15. The van der Waals surface area contributed by atoms with E-state index in [0.29, 0.717) is 0 Å². The van der Waals surface area contributed by atoms with Gasteiger partial charge in [0.15, 0.2) is 0 Å². The van der Waals surface area contributed by atoms with Crippen molar-refractivity contribution in [3.63, 3.8) is 0 Å². The molecule has 0 aliphatic carbocycles. The SMILES string of the molecule is CC(N)C(C)C(=O)Nc1ccncc1. The summed E-state index contributed by atoms with van der Waals surface area (Å²) in [4.78, 5) is 15.4. The smallest absolute Gasteiger partial charge is 0.228 e. The van der Waals surface area contributed by atoms with Gasteiger partial charge in [0.05, 0.1) is 5.92 Å². The number of hydrogen-bond donors (Lipinski definition) is 2. The van der Waals surface area contributed by atoms with E-state index in [2.05, 4.69) is 10.3 Å². The lowest BCUT2D eigenvalue weighted by Crippen LogP contribution is -2.34. The zero-order chi connectivity index (χ0) is 10.6. The number of pyridine rings is 1. The largest absolute Gasteiger partial charge is 0.327 e. The van der Waals surface area contributed by atoms with Crippen LogP contribution in [0.15, 0.2) is 24.5 Å². The lowest BCUT2D eigenvalue weighted by atomic mass is 10.0. The first-order valence-electron chi connectivity index (χ1n) is 4.57. The van der Waals surface area contributed by atoms with E-state index in [1.807, 2.05) is 6.92 Å². The molecule has 2 atom stereocenters. The molecule has 0 bridgehead atoms. The van der Waals surface area contributed by atoms with Crippen molar-refractivity contribution in [3.8, 4) is 0 Å². The molecule has 1 aromatic heterocycles. The molecule has 14 heavy (non-hydrogen) atoms. The molecule has 4 nitrogen and oxygen atoms in total. The highest BCUT2D eigenvalue weighted by molar-refractivity contribution is 5.92. The second-order valence-corrected chi connectivity index (χ2v) is 3.37. The van der Waals surface area contributed by atoms with E-state index >= 15 is 0 Å². The van der Waals surface area contributed by atoms with Gasteiger partial charge in [-0.1, -0.05) is 6.92 Å². The highest BCUT2D eigenvalue weighted by Crippen LogP contribution is 2.07. The van der Waals surface area contributed by atoms with Gasteiger partial charge in [-0.2, -0.15) is 0 Å². The summed E-state index contributed by atoms with van der Waals surface area (Å²) in [6.45, 7) is 3.62. The Bertz CT molecular complexity index is 297. The zero-order valence-electron chi connectivity index (χ0n) is 8.40. The van der Waals surface area contributed by atoms with Gasteiger partial charge in [0.1, 0.15) is 0 Å². The molecule has 0 saturated carbocycles. The maximum Gasteiger partial charge on any atom is 0.228 e. The number of rotatable bonds is 3. The van der Waals surface area contributed by atoms with E-state index in [0.717, 1.165) is 5.69 Å². The lowest BCUT2D eigenvalue weighted by Gasteiger charge is -2.14. The summed E-state index contributed by atoms with van der Waals surface area (Å²) in [6, 6.07) is 3.34. The van der Waals surface area contributed by atoms with Gasteiger partial charge < -0.3 is 11.1 Å². The minimum Gasteiger partial charge on any atom is -0.327 e. The van der Waals surface area contributed by atoms with Crippen molar-refractivity contribution in [1.82, 2.24) is 4.98 Å². The molecule has 3 N–H and O–H groups in total.